The Labute approximate surface area is 175 Å². The Kier molecular flexibility index (Phi) is 5.70. The van der Waals surface area contributed by atoms with Crippen molar-refractivity contribution in [2.75, 3.05) is 0 Å². The molecule has 0 spiro atoms. The molecule has 2 amide bonds. The Morgan fingerprint density at radius 3 is 2.50 bits per heavy atom. The van der Waals surface area contributed by atoms with E-state index in [0.29, 0.717) is 22.0 Å². The molecule has 30 heavy (non-hydrogen) atoms. The van der Waals surface area contributed by atoms with E-state index < -0.39 is 29.2 Å². The maximum Gasteiger partial charge on any atom is 0.340 e. The minimum Gasteiger partial charge on any atom is -0.456 e. The zero-order valence-corrected chi connectivity index (χ0v) is 17.6. The van der Waals surface area contributed by atoms with Gasteiger partial charge in [0, 0.05) is 23.9 Å². The van der Waals surface area contributed by atoms with Gasteiger partial charge in [0.1, 0.15) is 11.3 Å². The van der Waals surface area contributed by atoms with E-state index in [0.717, 1.165) is 11.3 Å². The Bertz CT molecular complexity index is 1160. The number of para-hydroxylation sites is 1. The highest BCUT2D eigenvalue weighted by Crippen LogP contribution is 2.26. The van der Waals surface area contributed by atoms with Gasteiger partial charge in [-0.2, -0.15) is 0 Å². The largest absolute Gasteiger partial charge is 0.456 e. The number of hydrazine groups is 1. The number of fused-ring (bicyclic) bond motifs is 1. The SMILES string of the molecule is CC(=O)NNC(=O)c1csc(C(=O)c2c[nH]c3c(C(=O)OC(C)(C)C)cccc23)n1. The molecule has 0 aliphatic rings. The summed E-state index contributed by atoms with van der Waals surface area (Å²) in [5, 5.41) is 2.07. The molecule has 0 aliphatic carbocycles. The predicted molar refractivity (Wildman–Crippen MR) is 110 cm³/mol. The Hall–Kier alpha value is -3.53. The molecule has 156 valence electrons. The molecule has 0 saturated carbocycles. The van der Waals surface area contributed by atoms with Crippen molar-refractivity contribution in [3.8, 4) is 0 Å². The van der Waals surface area contributed by atoms with E-state index in [2.05, 4.69) is 20.8 Å². The quantitative estimate of drug-likeness (QED) is 0.333. The van der Waals surface area contributed by atoms with Crippen LogP contribution in [0, 0.1) is 0 Å². The number of nitrogens with one attached hydrogen (secondary N) is 3. The first kappa shape index (κ1) is 21.2. The van der Waals surface area contributed by atoms with Crippen molar-refractivity contribution in [2.24, 2.45) is 0 Å². The molecule has 0 aliphatic heterocycles. The normalized spacial score (nSPS) is 11.2. The summed E-state index contributed by atoms with van der Waals surface area (Å²) in [6.45, 7) is 6.57. The zero-order chi connectivity index (χ0) is 22.1. The van der Waals surface area contributed by atoms with Gasteiger partial charge in [-0.1, -0.05) is 12.1 Å². The molecular weight excluding hydrogens is 408 g/mol. The van der Waals surface area contributed by atoms with E-state index in [4.69, 9.17) is 4.74 Å². The number of thiazole rings is 1. The van der Waals surface area contributed by atoms with E-state index >= 15 is 0 Å². The van der Waals surface area contributed by atoms with Gasteiger partial charge in [-0.25, -0.2) is 9.78 Å². The van der Waals surface area contributed by atoms with Gasteiger partial charge in [-0.15, -0.1) is 11.3 Å². The highest BCUT2D eigenvalue weighted by atomic mass is 32.1. The lowest BCUT2D eigenvalue weighted by Gasteiger charge is -2.19. The van der Waals surface area contributed by atoms with Crippen LogP contribution in [0.2, 0.25) is 0 Å². The lowest BCUT2D eigenvalue weighted by atomic mass is 10.1. The molecule has 3 aromatic rings. The lowest BCUT2D eigenvalue weighted by Crippen LogP contribution is -2.40. The van der Waals surface area contributed by atoms with Crippen LogP contribution in [0.3, 0.4) is 0 Å². The fourth-order valence-electron chi connectivity index (χ4n) is 2.65. The number of ketones is 1. The predicted octanol–water partition coefficient (Wildman–Crippen LogP) is 2.59. The molecule has 1 aromatic carbocycles. The molecule has 0 unspecified atom stereocenters. The van der Waals surface area contributed by atoms with Gasteiger partial charge in [0.05, 0.1) is 16.6 Å². The lowest BCUT2D eigenvalue weighted by molar-refractivity contribution is -0.119. The van der Waals surface area contributed by atoms with Crippen LogP contribution in [0.1, 0.15) is 63.9 Å². The molecule has 9 nitrogen and oxygen atoms in total. The first-order valence-corrected chi connectivity index (χ1v) is 9.85. The van der Waals surface area contributed by atoms with Crippen LogP contribution < -0.4 is 10.9 Å². The molecule has 0 bridgehead atoms. The van der Waals surface area contributed by atoms with Crippen molar-refractivity contribution in [1.82, 2.24) is 20.8 Å². The molecule has 0 fully saturated rings. The molecule has 3 N–H and O–H groups in total. The topological polar surface area (TPSA) is 130 Å². The number of ether oxygens (including phenoxy) is 1. The van der Waals surface area contributed by atoms with Crippen molar-refractivity contribution in [1.29, 1.82) is 0 Å². The Morgan fingerprint density at radius 1 is 1.10 bits per heavy atom. The van der Waals surface area contributed by atoms with Gasteiger partial charge in [-0.05, 0) is 26.8 Å². The van der Waals surface area contributed by atoms with Crippen LogP contribution in [0.4, 0.5) is 0 Å². The monoisotopic (exact) mass is 428 g/mol. The second kappa shape index (κ2) is 8.07. The van der Waals surface area contributed by atoms with Gasteiger partial charge in [0.2, 0.25) is 11.7 Å². The number of hydrogen-bond acceptors (Lipinski definition) is 7. The van der Waals surface area contributed by atoms with Gasteiger partial charge >= 0.3 is 5.97 Å². The van der Waals surface area contributed by atoms with Gasteiger partial charge < -0.3 is 9.72 Å². The van der Waals surface area contributed by atoms with E-state index in [9.17, 15) is 19.2 Å². The third-order valence-electron chi connectivity index (χ3n) is 3.86. The summed E-state index contributed by atoms with van der Waals surface area (Å²) in [7, 11) is 0. The average Bonchev–Trinajstić information content (AvgIpc) is 3.31. The second-order valence-corrected chi connectivity index (χ2v) is 8.29. The van der Waals surface area contributed by atoms with Crippen molar-refractivity contribution >= 4 is 45.8 Å². The van der Waals surface area contributed by atoms with E-state index in [-0.39, 0.29) is 10.7 Å². The van der Waals surface area contributed by atoms with Gasteiger partial charge in [0.25, 0.3) is 5.91 Å². The summed E-state index contributed by atoms with van der Waals surface area (Å²) in [4.78, 5) is 55.3. The number of esters is 1. The molecule has 3 rings (SSSR count). The fraction of sp³-hybridized carbons (Fsp3) is 0.250. The number of rotatable bonds is 4. The highest BCUT2D eigenvalue weighted by Gasteiger charge is 2.24. The van der Waals surface area contributed by atoms with Crippen LogP contribution in [0.5, 0.6) is 0 Å². The molecule has 2 aromatic heterocycles. The summed E-state index contributed by atoms with van der Waals surface area (Å²) in [6.07, 6.45) is 1.50. The van der Waals surface area contributed by atoms with Crippen LogP contribution in [-0.4, -0.2) is 39.1 Å². The number of hydrogen-bond donors (Lipinski definition) is 3. The molecular formula is C20H20N4O5S. The maximum absolute atomic E-state index is 12.9. The van der Waals surface area contributed by atoms with Crippen LogP contribution in [0.25, 0.3) is 10.9 Å². The minimum absolute atomic E-state index is 0.00591. The number of carbonyl (C=O) groups excluding carboxylic acids is 4. The minimum atomic E-state index is -0.653. The Morgan fingerprint density at radius 2 is 1.83 bits per heavy atom. The van der Waals surface area contributed by atoms with Crippen LogP contribution in [0.15, 0.2) is 29.8 Å². The highest BCUT2D eigenvalue weighted by molar-refractivity contribution is 7.12. The third kappa shape index (κ3) is 4.54. The van der Waals surface area contributed by atoms with Gasteiger partial charge in [-0.3, -0.25) is 25.2 Å². The summed E-state index contributed by atoms with van der Waals surface area (Å²) in [5.41, 5.74) is 4.82. The maximum atomic E-state index is 12.9. The third-order valence-corrected chi connectivity index (χ3v) is 4.70. The Balaban J connectivity index is 1.88. The molecule has 2 heterocycles. The van der Waals surface area contributed by atoms with Crippen molar-refractivity contribution in [2.45, 2.75) is 33.3 Å². The molecule has 0 atom stereocenters. The molecule has 0 radical (unpaired) electrons. The van der Waals surface area contributed by atoms with E-state index in [1.807, 2.05) is 0 Å². The fourth-order valence-corrected chi connectivity index (χ4v) is 3.40. The van der Waals surface area contributed by atoms with E-state index in [1.165, 1.54) is 18.5 Å². The number of H-pyrrole nitrogens is 1. The number of benzene rings is 1. The number of nitrogens with zero attached hydrogens (tertiary/aromatic N) is 1. The first-order valence-electron chi connectivity index (χ1n) is 8.97. The first-order chi connectivity index (χ1) is 14.1. The summed E-state index contributed by atoms with van der Waals surface area (Å²) in [6, 6.07) is 5.00. The average molecular weight is 428 g/mol. The number of aromatic nitrogens is 2. The van der Waals surface area contributed by atoms with Crippen LogP contribution in [-0.2, 0) is 9.53 Å². The second-order valence-electron chi connectivity index (χ2n) is 7.43. The zero-order valence-electron chi connectivity index (χ0n) is 16.8. The van der Waals surface area contributed by atoms with Crippen molar-refractivity contribution in [3.05, 3.63) is 51.6 Å². The molecule has 0 saturated heterocycles. The molecule has 10 heteroatoms. The van der Waals surface area contributed by atoms with Gasteiger partial charge in [0.15, 0.2) is 5.01 Å². The number of aromatic amines is 1. The number of carbonyl (C=O) groups is 4. The van der Waals surface area contributed by atoms with Crippen molar-refractivity contribution < 1.29 is 23.9 Å². The van der Waals surface area contributed by atoms with Crippen LogP contribution >= 0.6 is 11.3 Å². The van der Waals surface area contributed by atoms with Crippen molar-refractivity contribution in [3.63, 3.8) is 0 Å². The summed E-state index contributed by atoms with van der Waals surface area (Å²) < 4.78 is 5.43. The number of amides is 2. The standard InChI is InChI=1S/C20H20N4O5S/c1-10(25)23-24-17(27)14-9-30-18(22-14)16(26)13-8-21-15-11(13)6-5-7-12(15)19(28)29-20(2,3)4/h5-9,21H,1-4H3,(H,23,25)(H,24,27). The smallest absolute Gasteiger partial charge is 0.340 e. The summed E-state index contributed by atoms with van der Waals surface area (Å²) >= 11 is 1.01. The van der Waals surface area contributed by atoms with E-state index in [1.54, 1.807) is 39.0 Å². The summed E-state index contributed by atoms with van der Waals surface area (Å²) in [5.74, 6) is -1.97.